The number of nitrogens with one attached hydrogen (secondary N) is 2. The number of para-hydroxylation sites is 1. The van der Waals surface area contributed by atoms with Crippen molar-refractivity contribution in [2.45, 2.75) is 12.6 Å². The van der Waals surface area contributed by atoms with Gasteiger partial charge in [0.15, 0.2) is 0 Å². The average molecular weight is 285 g/mol. The summed E-state index contributed by atoms with van der Waals surface area (Å²) < 4.78 is 37.5. The lowest BCUT2D eigenvalue weighted by Crippen LogP contribution is -2.32. The van der Waals surface area contributed by atoms with Crippen LogP contribution in [0.25, 0.3) is 0 Å². The van der Waals surface area contributed by atoms with Crippen molar-refractivity contribution < 1.29 is 18.0 Å². The molecule has 1 heterocycles. The molecule has 1 aliphatic heterocycles. The number of nitrogens with zero attached hydrogens (tertiary/aromatic N) is 1. The molecule has 0 unspecified atom stereocenters. The van der Waals surface area contributed by atoms with Crippen molar-refractivity contribution in [2.24, 2.45) is 0 Å². The van der Waals surface area contributed by atoms with Crippen LogP contribution in [0.5, 0.6) is 0 Å². The lowest BCUT2D eigenvalue weighted by molar-refractivity contribution is -0.166. The Kier molecular flexibility index (Phi) is 3.87. The minimum absolute atomic E-state index is 0.0770. The highest BCUT2D eigenvalue weighted by molar-refractivity contribution is 6.00. The Balaban J connectivity index is 2.15. The van der Waals surface area contributed by atoms with E-state index in [4.69, 9.17) is 0 Å². The molecule has 0 radical (unpaired) electrons. The molecule has 0 bridgehead atoms. The third kappa shape index (κ3) is 3.04. The van der Waals surface area contributed by atoms with E-state index in [9.17, 15) is 18.0 Å². The molecule has 108 valence electrons. The Morgan fingerprint density at radius 2 is 1.85 bits per heavy atom. The van der Waals surface area contributed by atoms with Gasteiger partial charge in [-0.15, -0.1) is 0 Å². The van der Waals surface area contributed by atoms with Gasteiger partial charge in [-0.05, 0) is 18.6 Å². The van der Waals surface area contributed by atoms with Crippen molar-refractivity contribution in [3.63, 3.8) is 0 Å². The van der Waals surface area contributed by atoms with Crippen LogP contribution in [0, 0.1) is 0 Å². The summed E-state index contributed by atoms with van der Waals surface area (Å²) in [6.07, 6.45) is -4.77. The highest BCUT2D eigenvalue weighted by Gasteiger charge is 2.43. The first-order valence-electron chi connectivity index (χ1n) is 6.02. The summed E-state index contributed by atoms with van der Waals surface area (Å²) in [7, 11) is 1.63. The fourth-order valence-corrected chi connectivity index (χ4v) is 1.96. The summed E-state index contributed by atoms with van der Waals surface area (Å²) in [5.41, 5.74) is 5.92. The second-order valence-corrected chi connectivity index (χ2v) is 4.44. The number of ketones is 1. The van der Waals surface area contributed by atoms with Gasteiger partial charge < -0.3 is 4.90 Å². The molecular formula is C13H14F3N3O. The molecule has 1 aliphatic rings. The number of hydrogen-bond donors (Lipinski definition) is 2. The molecule has 0 aliphatic carbocycles. The zero-order valence-corrected chi connectivity index (χ0v) is 10.8. The van der Waals surface area contributed by atoms with Crippen LogP contribution in [0.2, 0.25) is 0 Å². The Hall–Kier alpha value is -2.18. The fraction of sp³-hybridized carbons (Fsp3) is 0.308. The first kappa shape index (κ1) is 14.2. The molecule has 0 saturated carbocycles. The maximum atomic E-state index is 12.5. The van der Waals surface area contributed by atoms with E-state index in [1.807, 2.05) is 6.07 Å². The van der Waals surface area contributed by atoms with Gasteiger partial charge in [0.25, 0.3) is 5.78 Å². The molecule has 1 aromatic rings. The van der Waals surface area contributed by atoms with Crippen LogP contribution in [-0.2, 0) is 4.79 Å². The van der Waals surface area contributed by atoms with E-state index in [2.05, 4.69) is 10.9 Å². The van der Waals surface area contributed by atoms with Gasteiger partial charge in [0.2, 0.25) is 0 Å². The summed E-state index contributed by atoms with van der Waals surface area (Å²) in [6.45, 7) is 0.371. The molecule has 20 heavy (non-hydrogen) atoms. The van der Waals surface area contributed by atoms with Crippen molar-refractivity contribution in [1.82, 2.24) is 10.3 Å². The largest absolute Gasteiger partial charge is 0.454 e. The summed E-state index contributed by atoms with van der Waals surface area (Å²) in [4.78, 5) is 12.9. The van der Waals surface area contributed by atoms with Crippen molar-refractivity contribution in [3.05, 3.63) is 41.7 Å². The number of hydrazine groups is 1. The number of halogens is 3. The van der Waals surface area contributed by atoms with Gasteiger partial charge in [0.05, 0.1) is 5.69 Å². The monoisotopic (exact) mass is 285 g/mol. The fourth-order valence-electron chi connectivity index (χ4n) is 1.96. The van der Waals surface area contributed by atoms with Gasteiger partial charge in [-0.2, -0.15) is 13.2 Å². The number of Topliss-reactive ketones (excluding diaryl/α,β-unsaturated/α-hetero) is 1. The molecule has 2 N–H and O–H groups in total. The number of anilines is 1. The second-order valence-electron chi connectivity index (χ2n) is 4.44. The zero-order chi connectivity index (χ0) is 14.8. The van der Waals surface area contributed by atoms with E-state index in [-0.39, 0.29) is 17.8 Å². The number of benzene rings is 1. The SMILES string of the molecule is CN1CCC(C(=O)C(F)(F)F)=C1NNc1ccccc1. The van der Waals surface area contributed by atoms with Crippen LogP contribution in [0.3, 0.4) is 0 Å². The number of hydrogen-bond acceptors (Lipinski definition) is 4. The van der Waals surface area contributed by atoms with Crippen LogP contribution in [-0.4, -0.2) is 30.5 Å². The molecule has 1 aromatic carbocycles. The highest BCUT2D eigenvalue weighted by atomic mass is 19.4. The van der Waals surface area contributed by atoms with E-state index >= 15 is 0 Å². The first-order chi connectivity index (χ1) is 9.39. The Labute approximate surface area is 114 Å². The molecule has 7 heteroatoms. The lowest BCUT2D eigenvalue weighted by Gasteiger charge is -2.19. The normalized spacial score (nSPS) is 15.5. The van der Waals surface area contributed by atoms with Gasteiger partial charge in [0.1, 0.15) is 5.82 Å². The van der Waals surface area contributed by atoms with E-state index in [0.717, 1.165) is 0 Å². The predicted molar refractivity (Wildman–Crippen MR) is 68.5 cm³/mol. The van der Waals surface area contributed by atoms with Crippen LogP contribution < -0.4 is 10.9 Å². The summed E-state index contributed by atoms with van der Waals surface area (Å²) in [5.74, 6) is -1.63. The predicted octanol–water partition coefficient (Wildman–Crippen LogP) is 2.28. The van der Waals surface area contributed by atoms with Crippen molar-refractivity contribution in [3.8, 4) is 0 Å². The standard InChI is InChI=1S/C13H14F3N3O/c1-19-8-7-10(11(20)13(14,15)16)12(19)18-17-9-5-3-2-4-6-9/h2-6,17-18H,7-8H2,1H3. The van der Waals surface area contributed by atoms with Crippen LogP contribution >= 0.6 is 0 Å². The topological polar surface area (TPSA) is 44.4 Å². The number of carbonyl (C=O) groups is 1. The molecule has 2 rings (SSSR count). The molecule has 0 amide bonds. The van der Waals surface area contributed by atoms with E-state index in [0.29, 0.717) is 12.2 Å². The molecule has 0 saturated heterocycles. The second kappa shape index (κ2) is 5.44. The molecule has 0 atom stereocenters. The third-order valence-corrected chi connectivity index (χ3v) is 3.00. The first-order valence-corrected chi connectivity index (χ1v) is 6.02. The summed E-state index contributed by atoms with van der Waals surface area (Å²) in [6, 6.07) is 8.92. The number of alkyl halides is 3. The van der Waals surface area contributed by atoms with Crippen LogP contribution in [0.4, 0.5) is 18.9 Å². The number of carbonyl (C=O) groups excluding carboxylic acids is 1. The van der Waals surface area contributed by atoms with Crippen molar-refractivity contribution >= 4 is 11.5 Å². The highest BCUT2D eigenvalue weighted by Crippen LogP contribution is 2.28. The van der Waals surface area contributed by atoms with Gasteiger partial charge in [0, 0.05) is 19.2 Å². The van der Waals surface area contributed by atoms with Gasteiger partial charge in [-0.3, -0.25) is 15.6 Å². The molecule has 0 aromatic heterocycles. The smallest absolute Gasteiger partial charge is 0.359 e. The molecule has 4 nitrogen and oxygen atoms in total. The summed E-state index contributed by atoms with van der Waals surface area (Å²) >= 11 is 0. The number of rotatable bonds is 4. The Morgan fingerprint density at radius 3 is 2.45 bits per heavy atom. The molecule has 0 fully saturated rings. The average Bonchev–Trinajstić information content (AvgIpc) is 2.77. The van der Waals surface area contributed by atoms with Crippen LogP contribution in [0.1, 0.15) is 6.42 Å². The lowest BCUT2D eigenvalue weighted by atomic mass is 10.1. The summed E-state index contributed by atoms with van der Waals surface area (Å²) in [5, 5.41) is 0. The maximum Gasteiger partial charge on any atom is 0.454 e. The molecule has 0 spiro atoms. The Morgan fingerprint density at radius 1 is 1.20 bits per heavy atom. The minimum atomic E-state index is -4.85. The van der Waals surface area contributed by atoms with E-state index in [1.54, 1.807) is 36.2 Å². The van der Waals surface area contributed by atoms with E-state index < -0.39 is 12.0 Å². The van der Waals surface area contributed by atoms with Crippen molar-refractivity contribution in [2.75, 3.05) is 19.0 Å². The van der Waals surface area contributed by atoms with Crippen molar-refractivity contribution in [1.29, 1.82) is 0 Å². The van der Waals surface area contributed by atoms with Crippen LogP contribution in [0.15, 0.2) is 41.7 Å². The van der Waals surface area contributed by atoms with Gasteiger partial charge in [-0.1, -0.05) is 18.2 Å². The quantitative estimate of drug-likeness (QED) is 0.833. The third-order valence-electron chi connectivity index (χ3n) is 3.00. The van der Waals surface area contributed by atoms with Gasteiger partial charge >= 0.3 is 6.18 Å². The Bertz CT molecular complexity index is 525. The molecular weight excluding hydrogens is 271 g/mol. The van der Waals surface area contributed by atoms with Gasteiger partial charge in [-0.25, -0.2) is 0 Å². The zero-order valence-electron chi connectivity index (χ0n) is 10.8. The maximum absolute atomic E-state index is 12.5. The minimum Gasteiger partial charge on any atom is -0.359 e. The van der Waals surface area contributed by atoms with E-state index in [1.165, 1.54) is 0 Å².